The third kappa shape index (κ3) is 3.93. The molecule has 0 fully saturated rings. The molecule has 5 nitrogen and oxygen atoms in total. The molecule has 1 heterocycles. The molecule has 2 rings (SSSR count). The van der Waals surface area contributed by atoms with Gasteiger partial charge >= 0.3 is 0 Å². The highest BCUT2D eigenvalue weighted by molar-refractivity contribution is 5.81. The highest BCUT2D eigenvalue weighted by atomic mass is 16.2. The zero-order chi connectivity index (χ0) is 14.4. The molecule has 0 aliphatic carbocycles. The number of nitrogens with zero attached hydrogens (tertiary/aromatic N) is 2. The molecule has 0 saturated heterocycles. The molecule has 1 aromatic heterocycles. The van der Waals surface area contributed by atoms with Crippen molar-refractivity contribution in [3.63, 3.8) is 0 Å². The third-order valence-electron chi connectivity index (χ3n) is 3.33. The fraction of sp³-hybridized carbons (Fsp3) is 0.333. The van der Waals surface area contributed by atoms with Gasteiger partial charge in [-0.2, -0.15) is 5.10 Å². The molecule has 5 heteroatoms. The predicted molar refractivity (Wildman–Crippen MR) is 77.8 cm³/mol. The number of hydrogen-bond donors (Lipinski definition) is 2. The summed E-state index contributed by atoms with van der Waals surface area (Å²) in [5.74, 6) is 0.0240. The summed E-state index contributed by atoms with van der Waals surface area (Å²) in [4.78, 5) is 14.1. The van der Waals surface area contributed by atoms with Crippen molar-refractivity contribution in [1.29, 1.82) is 0 Å². The van der Waals surface area contributed by atoms with E-state index in [9.17, 15) is 4.79 Å². The molecule has 0 unspecified atom stereocenters. The molecule has 0 saturated carbocycles. The number of rotatable bonds is 6. The summed E-state index contributed by atoms with van der Waals surface area (Å²) in [6, 6.07) is 11.6. The first-order valence-corrected chi connectivity index (χ1v) is 6.67. The van der Waals surface area contributed by atoms with Crippen LogP contribution in [0.4, 0.5) is 0 Å². The van der Waals surface area contributed by atoms with Gasteiger partial charge in [0.2, 0.25) is 5.91 Å². The summed E-state index contributed by atoms with van der Waals surface area (Å²) < 4.78 is 0. The van der Waals surface area contributed by atoms with E-state index in [-0.39, 0.29) is 11.9 Å². The highest BCUT2D eigenvalue weighted by Gasteiger charge is 2.18. The number of benzene rings is 1. The lowest BCUT2D eigenvalue weighted by Crippen LogP contribution is -2.42. The van der Waals surface area contributed by atoms with Gasteiger partial charge in [-0.05, 0) is 25.6 Å². The van der Waals surface area contributed by atoms with E-state index in [0.29, 0.717) is 13.1 Å². The zero-order valence-corrected chi connectivity index (χ0v) is 11.8. The molecular weight excluding hydrogens is 252 g/mol. The summed E-state index contributed by atoms with van der Waals surface area (Å²) >= 11 is 0. The first-order chi connectivity index (χ1) is 9.66. The Morgan fingerprint density at radius 2 is 2.10 bits per heavy atom. The molecule has 0 bridgehead atoms. The van der Waals surface area contributed by atoms with Crippen molar-refractivity contribution in [1.82, 2.24) is 20.4 Å². The third-order valence-corrected chi connectivity index (χ3v) is 3.33. The Bertz CT molecular complexity index is 524. The zero-order valence-electron chi connectivity index (χ0n) is 11.8. The van der Waals surface area contributed by atoms with Crippen LogP contribution < -0.4 is 5.32 Å². The van der Waals surface area contributed by atoms with Gasteiger partial charge in [0.05, 0.1) is 6.04 Å². The molecule has 20 heavy (non-hydrogen) atoms. The minimum atomic E-state index is -0.193. The Hall–Kier alpha value is -2.14. The Labute approximate surface area is 119 Å². The van der Waals surface area contributed by atoms with Crippen molar-refractivity contribution in [3.8, 4) is 0 Å². The van der Waals surface area contributed by atoms with Crippen LogP contribution in [-0.2, 0) is 17.9 Å². The van der Waals surface area contributed by atoms with Crippen LogP contribution in [0, 0.1) is 0 Å². The number of H-pyrrole nitrogens is 1. The number of likely N-dealkylation sites (N-methyl/N-ethyl adjacent to an activating group) is 1. The lowest BCUT2D eigenvalue weighted by Gasteiger charge is -2.23. The number of hydrogen-bond acceptors (Lipinski definition) is 3. The molecule has 106 valence electrons. The summed E-state index contributed by atoms with van der Waals surface area (Å²) in [6.07, 6.45) is 1.71. The van der Waals surface area contributed by atoms with E-state index in [0.717, 1.165) is 11.3 Å². The van der Waals surface area contributed by atoms with Gasteiger partial charge in [0.1, 0.15) is 0 Å². The van der Waals surface area contributed by atoms with E-state index in [1.54, 1.807) is 6.20 Å². The quantitative estimate of drug-likeness (QED) is 0.838. The summed E-state index contributed by atoms with van der Waals surface area (Å²) in [6.45, 7) is 3.12. The Morgan fingerprint density at radius 3 is 2.75 bits per heavy atom. The van der Waals surface area contributed by atoms with Crippen LogP contribution >= 0.6 is 0 Å². The monoisotopic (exact) mass is 272 g/mol. The summed E-state index contributed by atoms with van der Waals surface area (Å²) in [7, 11) is 1.92. The van der Waals surface area contributed by atoms with E-state index in [2.05, 4.69) is 15.5 Å². The largest absolute Gasteiger partial charge is 0.351 e. The molecule has 0 aliphatic rings. The molecular formula is C15H20N4O. The number of carbonyl (C=O) groups is 1. The van der Waals surface area contributed by atoms with Crippen LogP contribution in [-0.4, -0.2) is 34.1 Å². The maximum atomic E-state index is 12.1. The smallest absolute Gasteiger partial charge is 0.237 e. The van der Waals surface area contributed by atoms with Crippen molar-refractivity contribution < 1.29 is 4.79 Å². The number of nitrogens with one attached hydrogen (secondary N) is 2. The lowest BCUT2D eigenvalue weighted by molar-refractivity contribution is -0.125. The Balaban J connectivity index is 1.82. The normalized spacial score (nSPS) is 12.3. The van der Waals surface area contributed by atoms with Crippen LogP contribution in [0.2, 0.25) is 0 Å². The lowest BCUT2D eigenvalue weighted by atomic mass is 10.2. The van der Waals surface area contributed by atoms with Gasteiger partial charge in [-0.25, -0.2) is 0 Å². The second-order valence-electron chi connectivity index (χ2n) is 4.88. The fourth-order valence-electron chi connectivity index (χ4n) is 1.91. The highest BCUT2D eigenvalue weighted by Crippen LogP contribution is 2.04. The number of carbonyl (C=O) groups excluding carboxylic acids is 1. The number of aromatic nitrogens is 2. The standard InChI is InChI=1S/C15H20N4O/c1-12(19(2)11-14-8-9-17-18-14)15(20)16-10-13-6-4-3-5-7-13/h3-9,12H,10-11H2,1-2H3,(H,16,20)(H,17,18)/t12-/m1/s1. The van der Waals surface area contributed by atoms with Gasteiger partial charge in [0.15, 0.2) is 0 Å². The summed E-state index contributed by atoms with van der Waals surface area (Å²) in [5, 5.41) is 9.75. The van der Waals surface area contributed by atoms with Crippen molar-refractivity contribution >= 4 is 5.91 Å². The first kappa shape index (κ1) is 14.3. The second kappa shape index (κ2) is 6.86. The van der Waals surface area contributed by atoms with Gasteiger partial charge in [0.25, 0.3) is 0 Å². The molecule has 2 N–H and O–H groups in total. The van der Waals surface area contributed by atoms with E-state index < -0.39 is 0 Å². The van der Waals surface area contributed by atoms with Crippen molar-refractivity contribution in [2.45, 2.75) is 26.1 Å². The Morgan fingerprint density at radius 1 is 1.35 bits per heavy atom. The van der Waals surface area contributed by atoms with Crippen LogP contribution in [0.15, 0.2) is 42.6 Å². The van der Waals surface area contributed by atoms with Crippen LogP contribution in [0.3, 0.4) is 0 Å². The van der Waals surface area contributed by atoms with Crippen LogP contribution in [0.25, 0.3) is 0 Å². The van der Waals surface area contributed by atoms with Crippen molar-refractivity contribution in [2.24, 2.45) is 0 Å². The maximum Gasteiger partial charge on any atom is 0.237 e. The maximum absolute atomic E-state index is 12.1. The minimum Gasteiger partial charge on any atom is -0.351 e. The molecule has 0 spiro atoms. The van der Waals surface area contributed by atoms with E-state index in [4.69, 9.17) is 0 Å². The van der Waals surface area contributed by atoms with Crippen LogP contribution in [0.1, 0.15) is 18.2 Å². The van der Waals surface area contributed by atoms with Crippen LogP contribution in [0.5, 0.6) is 0 Å². The molecule has 1 amide bonds. The van der Waals surface area contributed by atoms with Gasteiger partial charge in [-0.1, -0.05) is 30.3 Å². The molecule has 2 aromatic rings. The predicted octanol–water partition coefficient (Wildman–Crippen LogP) is 1.55. The van der Waals surface area contributed by atoms with Gasteiger partial charge in [-0.15, -0.1) is 0 Å². The van der Waals surface area contributed by atoms with Crippen molar-refractivity contribution in [2.75, 3.05) is 7.05 Å². The van der Waals surface area contributed by atoms with E-state index in [1.165, 1.54) is 0 Å². The SMILES string of the molecule is C[C@H](C(=O)NCc1ccccc1)N(C)Cc1ccn[nH]1. The first-order valence-electron chi connectivity index (χ1n) is 6.67. The van der Waals surface area contributed by atoms with E-state index >= 15 is 0 Å². The topological polar surface area (TPSA) is 61.0 Å². The molecule has 1 atom stereocenters. The second-order valence-corrected chi connectivity index (χ2v) is 4.88. The average Bonchev–Trinajstić information content (AvgIpc) is 2.98. The van der Waals surface area contributed by atoms with Crippen molar-refractivity contribution in [3.05, 3.63) is 53.9 Å². The molecule has 1 aromatic carbocycles. The molecule has 0 aliphatic heterocycles. The fourth-order valence-corrected chi connectivity index (χ4v) is 1.91. The van der Waals surface area contributed by atoms with Gasteiger partial charge in [0, 0.05) is 25.0 Å². The minimum absolute atomic E-state index is 0.0240. The van der Waals surface area contributed by atoms with Gasteiger partial charge in [-0.3, -0.25) is 14.8 Å². The Kier molecular flexibility index (Phi) is 4.90. The number of aromatic amines is 1. The molecule has 0 radical (unpaired) electrons. The van der Waals surface area contributed by atoms with Gasteiger partial charge < -0.3 is 5.32 Å². The average molecular weight is 272 g/mol. The number of amides is 1. The summed E-state index contributed by atoms with van der Waals surface area (Å²) in [5.41, 5.74) is 2.10. The van der Waals surface area contributed by atoms with E-state index in [1.807, 2.05) is 55.3 Å².